The van der Waals surface area contributed by atoms with Crippen molar-refractivity contribution in [2.24, 2.45) is 0 Å². The summed E-state index contributed by atoms with van der Waals surface area (Å²) in [7, 11) is 0. The Labute approximate surface area is 136 Å². The van der Waals surface area contributed by atoms with Gasteiger partial charge in [-0.1, -0.05) is 23.9 Å². The van der Waals surface area contributed by atoms with Gasteiger partial charge in [0.25, 0.3) is 5.91 Å². The van der Waals surface area contributed by atoms with E-state index < -0.39 is 12.1 Å². The highest BCUT2D eigenvalue weighted by molar-refractivity contribution is 8.01. The fourth-order valence-corrected chi connectivity index (χ4v) is 3.72. The monoisotopic (exact) mass is 336 g/mol. The summed E-state index contributed by atoms with van der Waals surface area (Å²) in [6.07, 6.45) is 1.28. The molecule has 0 saturated heterocycles. The van der Waals surface area contributed by atoms with Gasteiger partial charge in [-0.05, 0) is 31.9 Å². The standard InChI is InChI=1S/C15H16N2O3S2/c1-9(14(19)16-10-6-7-10)20-13(18)8-21-15-17-11-4-2-3-5-12(11)22-15/h2-5,9-10H,6-8H2,1H3,(H,16,19)/t9-/m0/s1. The van der Waals surface area contributed by atoms with Gasteiger partial charge in [0.15, 0.2) is 10.4 Å². The number of thioether (sulfide) groups is 1. The van der Waals surface area contributed by atoms with Crippen molar-refractivity contribution in [2.45, 2.75) is 36.3 Å². The number of fused-ring (bicyclic) bond motifs is 1. The Morgan fingerprint density at radius 3 is 2.95 bits per heavy atom. The lowest BCUT2D eigenvalue weighted by molar-refractivity contribution is -0.152. The highest BCUT2D eigenvalue weighted by Gasteiger charge is 2.27. The number of nitrogens with zero attached hydrogens (tertiary/aromatic N) is 1. The van der Waals surface area contributed by atoms with Crippen LogP contribution in [0.15, 0.2) is 28.6 Å². The number of amides is 1. The molecule has 1 aliphatic rings. The van der Waals surface area contributed by atoms with Crippen LogP contribution in [0.25, 0.3) is 10.2 Å². The molecule has 5 nitrogen and oxygen atoms in total. The predicted molar refractivity (Wildman–Crippen MR) is 87.1 cm³/mol. The van der Waals surface area contributed by atoms with Gasteiger partial charge in [0.2, 0.25) is 0 Å². The van der Waals surface area contributed by atoms with Crippen LogP contribution in [0.5, 0.6) is 0 Å². The number of ether oxygens (including phenoxy) is 1. The average Bonchev–Trinajstić information content (AvgIpc) is 3.21. The number of thiazole rings is 1. The first kappa shape index (κ1) is 15.3. The van der Waals surface area contributed by atoms with Gasteiger partial charge >= 0.3 is 5.97 Å². The normalized spacial score (nSPS) is 15.5. The van der Waals surface area contributed by atoms with Gasteiger partial charge in [-0.2, -0.15) is 0 Å². The number of carbonyl (C=O) groups is 2. The second kappa shape index (κ2) is 6.66. The number of carbonyl (C=O) groups excluding carboxylic acids is 2. The van der Waals surface area contributed by atoms with E-state index in [0.717, 1.165) is 27.4 Å². The van der Waals surface area contributed by atoms with Crippen LogP contribution in [0.1, 0.15) is 19.8 Å². The van der Waals surface area contributed by atoms with Crippen molar-refractivity contribution in [1.29, 1.82) is 0 Å². The molecular weight excluding hydrogens is 320 g/mol. The molecule has 0 spiro atoms. The first-order valence-electron chi connectivity index (χ1n) is 7.10. The maximum atomic E-state index is 11.8. The molecule has 7 heteroatoms. The number of nitrogens with one attached hydrogen (secondary N) is 1. The molecule has 22 heavy (non-hydrogen) atoms. The topological polar surface area (TPSA) is 68.3 Å². The zero-order chi connectivity index (χ0) is 15.5. The molecule has 1 heterocycles. The van der Waals surface area contributed by atoms with Gasteiger partial charge in [0.1, 0.15) is 0 Å². The van der Waals surface area contributed by atoms with E-state index in [1.165, 1.54) is 11.8 Å². The highest BCUT2D eigenvalue weighted by Crippen LogP contribution is 2.29. The Balaban J connectivity index is 1.47. The number of benzene rings is 1. The zero-order valence-corrected chi connectivity index (χ0v) is 13.7. The molecule has 1 aliphatic carbocycles. The fraction of sp³-hybridized carbons (Fsp3) is 0.400. The summed E-state index contributed by atoms with van der Waals surface area (Å²) in [5.41, 5.74) is 0.931. The Morgan fingerprint density at radius 2 is 2.23 bits per heavy atom. The molecule has 0 aliphatic heterocycles. The number of rotatable bonds is 6. The second-order valence-corrected chi connectivity index (χ2v) is 7.40. The number of aromatic nitrogens is 1. The largest absolute Gasteiger partial charge is 0.452 e. The van der Waals surface area contributed by atoms with Gasteiger partial charge < -0.3 is 10.1 Å². The highest BCUT2D eigenvalue weighted by atomic mass is 32.2. The quantitative estimate of drug-likeness (QED) is 0.649. The molecule has 0 radical (unpaired) electrons. The maximum Gasteiger partial charge on any atom is 0.317 e. The number of esters is 1. The number of para-hydroxylation sites is 1. The van der Waals surface area contributed by atoms with Crippen LogP contribution in [0.4, 0.5) is 0 Å². The second-order valence-electron chi connectivity index (χ2n) is 5.15. The van der Waals surface area contributed by atoms with Crippen LogP contribution in [0.2, 0.25) is 0 Å². The minimum atomic E-state index is -0.746. The van der Waals surface area contributed by atoms with Crippen LogP contribution in [-0.2, 0) is 14.3 Å². The summed E-state index contributed by atoms with van der Waals surface area (Å²) in [6, 6.07) is 8.11. The predicted octanol–water partition coefficient (Wildman–Crippen LogP) is 2.60. The molecule has 1 aromatic heterocycles. The van der Waals surface area contributed by atoms with E-state index in [1.54, 1.807) is 18.3 Å². The van der Waals surface area contributed by atoms with Crippen molar-refractivity contribution >= 4 is 45.2 Å². The van der Waals surface area contributed by atoms with Gasteiger partial charge in [-0.15, -0.1) is 11.3 Å². The third-order valence-electron chi connectivity index (χ3n) is 3.19. The molecule has 2 aromatic rings. The number of hydrogen-bond donors (Lipinski definition) is 1. The maximum absolute atomic E-state index is 11.8. The van der Waals surface area contributed by atoms with E-state index in [9.17, 15) is 9.59 Å². The van der Waals surface area contributed by atoms with Crippen molar-refractivity contribution in [3.05, 3.63) is 24.3 Å². The van der Waals surface area contributed by atoms with Crippen molar-refractivity contribution in [3.63, 3.8) is 0 Å². The van der Waals surface area contributed by atoms with E-state index in [1.807, 2.05) is 24.3 Å². The van der Waals surface area contributed by atoms with Gasteiger partial charge in [-0.25, -0.2) is 4.98 Å². The molecule has 1 amide bonds. The summed E-state index contributed by atoms with van der Waals surface area (Å²) >= 11 is 2.88. The average molecular weight is 336 g/mol. The molecule has 1 atom stereocenters. The first-order valence-corrected chi connectivity index (χ1v) is 8.90. The van der Waals surface area contributed by atoms with Gasteiger partial charge in [0.05, 0.1) is 16.0 Å². The molecule has 3 rings (SSSR count). The van der Waals surface area contributed by atoms with Crippen LogP contribution >= 0.6 is 23.1 Å². The number of hydrogen-bond acceptors (Lipinski definition) is 6. The summed E-state index contributed by atoms with van der Waals surface area (Å²) in [6.45, 7) is 1.60. The fourth-order valence-electron chi connectivity index (χ4n) is 1.86. The van der Waals surface area contributed by atoms with Gasteiger partial charge in [0, 0.05) is 6.04 Å². The van der Waals surface area contributed by atoms with Crippen LogP contribution in [-0.4, -0.2) is 34.8 Å². The Hall–Kier alpha value is -1.60. The van der Waals surface area contributed by atoms with Crippen LogP contribution in [0.3, 0.4) is 0 Å². The molecule has 0 unspecified atom stereocenters. The Kier molecular flexibility index (Phi) is 4.63. The van der Waals surface area contributed by atoms with Crippen LogP contribution in [0, 0.1) is 0 Å². The van der Waals surface area contributed by atoms with Crippen molar-refractivity contribution in [3.8, 4) is 0 Å². The van der Waals surface area contributed by atoms with E-state index in [4.69, 9.17) is 4.74 Å². The minimum Gasteiger partial charge on any atom is -0.452 e. The lowest BCUT2D eigenvalue weighted by Gasteiger charge is -2.12. The molecule has 1 fully saturated rings. The molecular formula is C15H16N2O3S2. The third-order valence-corrected chi connectivity index (χ3v) is 5.34. The minimum absolute atomic E-state index is 0.154. The Morgan fingerprint density at radius 1 is 1.45 bits per heavy atom. The van der Waals surface area contributed by atoms with Crippen molar-refractivity contribution in [2.75, 3.05) is 5.75 Å². The first-order chi connectivity index (χ1) is 10.6. The third kappa shape index (κ3) is 3.98. The van der Waals surface area contributed by atoms with E-state index in [2.05, 4.69) is 10.3 Å². The van der Waals surface area contributed by atoms with E-state index in [0.29, 0.717) is 0 Å². The zero-order valence-electron chi connectivity index (χ0n) is 12.1. The molecule has 1 saturated carbocycles. The smallest absolute Gasteiger partial charge is 0.317 e. The molecule has 1 N–H and O–H groups in total. The van der Waals surface area contributed by atoms with Crippen LogP contribution < -0.4 is 5.32 Å². The summed E-state index contributed by atoms with van der Waals surface area (Å²) in [5, 5.41) is 2.82. The molecule has 1 aromatic carbocycles. The SMILES string of the molecule is C[C@H](OC(=O)CSc1nc2ccccc2s1)C(=O)NC1CC1. The summed E-state index contributed by atoms with van der Waals surface area (Å²) in [5.74, 6) is -0.468. The van der Waals surface area contributed by atoms with E-state index >= 15 is 0 Å². The summed E-state index contributed by atoms with van der Waals surface area (Å²) < 4.78 is 7.06. The molecule has 116 valence electrons. The van der Waals surface area contributed by atoms with Gasteiger partial charge in [-0.3, -0.25) is 9.59 Å². The lowest BCUT2D eigenvalue weighted by atomic mass is 10.3. The van der Waals surface area contributed by atoms with Crippen molar-refractivity contribution in [1.82, 2.24) is 10.3 Å². The van der Waals surface area contributed by atoms with Crippen molar-refractivity contribution < 1.29 is 14.3 Å². The molecule has 0 bridgehead atoms. The van der Waals surface area contributed by atoms with E-state index in [-0.39, 0.29) is 17.7 Å². The lowest BCUT2D eigenvalue weighted by Crippen LogP contribution is -2.37. The summed E-state index contributed by atoms with van der Waals surface area (Å²) in [4.78, 5) is 28.0. The Bertz CT molecular complexity index is 664.